The molecule has 0 aliphatic heterocycles. The highest BCUT2D eigenvalue weighted by Crippen LogP contribution is 1.95. The fourth-order valence-electron chi connectivity index (χ4n) is 1.37. The van der Waals surface area contributed by atoms with Crippen molar-refractivity contribution in [3.05, 3.63) is 0 Å². The van der Waals surface area contributed by atoms with E-state index in [1.165, 1.54) is 6.92 Å². The minimum absolute atomic E-state index is 0.445. The van der Waals surface area contributed by atoms with E-state index in [0.717, 1.165) is 13.0 Å². The van der Waals surface area contributed by atoms with E-state index in [1.807, 2.05) is 7.05 Å². The van der Waals surface area contributed by atoms with Crippen LogP contribution >= 0.6 is 0 Å². The Morgan fingerprint density at radius 1 is 1.26 bits per heavy atom. The van der Waals surface area contributed by atoms with E-state index in [1.54, 1.807) is 0 Å². The first-order valence-corrected chi connectivity index (χ1v) is 6.41. The van der Waals surface area contributed by atoms with Crippen LogP contribution in [0.4, 0.5) is 4.79 Å². The SMILES string of the molecule is CC(O)C(NC(=O)NCCCN(C)C(C)C)C(=O)O. The summed E-state index contributed by atoms with van der Waals surface area (Å²) in [6.45, 7) is 6.78. The second kappa shape index (κ2) is 8.71. The second-order valence-electron chi connectivity index (χ2n) is 4.88. The molecule has 0 aliphatic rings. The lowest BCUT2D eigenvalue weighted by molar-refractivity contribution is -0.141. The number of hydrogen-bond acceptors (Lipinski definition) is 4. The molecule has 0 heterocycles. The van der Waals surface area contributed by atoms with Crippen LogP contribution < -0.4 is 10.6 Å². The van der Waals surface area contributed by atoms with Crippen molar-refractivity contribution in [2.75, 3.05) is 20.1 Å². The van der Waals surface area contributed by atoms with Crippen LogP contribution in [-0.2, 0) is 4.79 Å². The Morgan fingerprint density at radius 2 is 1.84 bits per heavy atom. The van der Waals surface area contributed by atoms with Crippen LogP contribution in [0.3, 0.4) is 0 Å². The molecular weight excluding hydrogens is 250 g/mol. The second-order valence-corrected chi connectivity index (χ2v) is 4.88. The summed E-state index contributed by atoms with van der Waals surface area (Å²) in [7, 11) is 2.00. The number of carboxylic acids is 1. The van der Waals surface area contributed by atoms with Crippen LogP contribution in [0.2, 0.25) is 0 Å². The van der Waals surface area contributed by atoms with Gasteiger partial charge in [0.1, 0.15) is 0 Å². The molecule has 0 aliphatic carbocycles. The number of hydrogen-bond donors (Lipinski definition) is 4. The van der Waals surface area contributed by atoms with Gasteiger partial charge in [0, 0.05) is 12.6 Å². The summed E-state index contributed by atoms with van der Waals surface area (Å²) in [6, 6.07) is -1.43. The zero-order chi connectivity index (χ0) is 15.0. The first kappa shape index (κ1) is 17.7. The third-order valence-electron chi connectivity index (χ3n) is 2.89. The number of aliphatic hydroxyl groups is 1. The summed E-state index contributed by atoms with van der Waals surface area (Å²) in [6.07, 6.45) is -0.371. The van der Waals surface area contributed by atoms with Crippen LogP contribution in [-0.4, -0.2) is 65.4 Å². The molecule has 4 N–H and O–H groups in total. The van der Waals surface area contributed by atoms with Crippen molar-refractivity contribution < 1.29 is 19.8 Å². The first-order valence-electron chi connectivity index (χ1n) is 6.41. The Morgan fingerprint density at radius 3 is 2.26 bits per heavy atom. The van der Waals surface area contributed by atoms with Gasteiger partial charge in [-0.2, -0.15) is 0 Å². The number of aliphatic carboxylic acids is 1. The third kappa shape index (κ3) is 7.63. The first-order chi connectivity index (χ1) is 8.75. The van der Waals surface area contributed by atoms with Crippen molar-refractivity contribution >= 4 is 12.0 Å². The van der Waals surface area contributed by atoms with Crippen molar-refractivity contribution in [3.63, 3.8) is 0 Å². The maximum Gasteiger partial charge on any atom is 0.328 e. The predicted molar refractivity (Wildman–Crippen MR) is 72.0 cm³/mol. The lowest BCUT2D eigenvalue weighted by Crippen LogP contribution is -2.51. The molecule has 0 aromatic carbocycles. The molecule has 7 nitrogen and oxygen atoms in total. The van der Waals surface area contributed by atoms with Gasteiger partial charge in [-0.3, -0.25) is 0 Å². The average Bonchev–Trinajstić information content (AvgIpc) is 2.30. The monoisotopic (exact) mass is 275 g/mol. The molecule has 2 amide bonds. The van der Waals surface area contributed by atoms with Crippen LogP contribution in [0.25, 0.3) is 0 Å². The Hall–Kier alpha value is -1.34. The molecule has 0 rings (SSSR count). The number of rotatable bonds is 8. The molecule has 0 saturated heterocycles. The van der Waals surface area contributed by atoms with E-state index >= 15 is 0 Å². The highest BCUT2D eigenvalue weighted by molar-refractivity contribution is 5.82. The van der Waals surface area contributed by atoms with Gasteiger partial charge in [0.05, 0.1) is 6.10 Å². The molecular formula is C12H25N3O4. The fraction of sp³-hybridized carbons (Fsp3) is 0.833. The molecule has 19 heavy (non-hydrogen) atoms. The molecule has 0 radical (unpaired) electrons. The molecule has 0 fully saturated rings. The molecule has 112 valence electrons. The molecule has 7 heteroatoms. The quantitative estimate of drug-likeness (QED) is 0.461. The molecule has 0 bridgehead atoms. The summed E-state index contributed by atoms with van der Waals surface area (Å²) in [5, 5.41) is 22.8. The Balaban J connectivity index is 3.90. The van der Waals surface area contributed by atoms with E-state index in [0.29, 0.717) is 12.6 Å². The van der Waals surface area contributed by atoms with Gasteiger partial charge in [-0.25, -0.2) is 9.59 Å². The third-order valence-corrected chi connectivity index (χ3v) is 2.89. The molecule has 0 aromatic heterocycles. The standard InChI is InChI=1S/C12H25N3O4/c1-8(2)15(4)7-5-6-13-12(19)14-10(9(3)16)11(17)18/h8-10,16H,5-7H2,1-4H3,(H,17,18)(H2,13,14,19). The summed E-state index contributed by atoms with van der Waals surface area (Å²) < 4.78 is 0. The van der Waals surface area contributed by atoms with Crippen LogP contribution in [0.15, 0.2) is 0 Å². The summed E-state index contributed by atoms with van der Waals surface area (Å²) in [5.41, 5.74) is 0. The Bertz CT molecular complexity index is 295. The highest BCUT2D eigenvalue weighted by Gasteiger charge is 2.24. The molecule has 2 unspecified atom stereocenters. The lowest BCUT2D eigenvalue weighted by Gasteiger charge is -2.21. The fourth-order valence-corrected chi connectivity index (χ4v) is 1.37. The minimum Gasteiger partial charge on any atom is -0.480 e. The zero-order valence-electron chi connectivity index (χ0n) is 12.0. The van der Waals surface area contributed by atoms with Gasteiger partial charge in [0.2, 0.25) is 0 Å². The molecule has 2 atom stereocenters. The summed E-state index contributed by atoms with van der Waals surface area (Å²) in [5.74, 6) is -1.26. The van der Waals surface area contributed by atoms with Gasteiger partial charge in [0.25, 0.3) is 0 Å². The predicted octanol–water partition coefficient (Wildman–Crippen LogP) is -0.150. The summed E-state index contributed by atoms with van der Waals surface area (Å²) >= 11 is 0. The van der Waals surface area contributed by atoms with E-state index in [-0.39, 0.29) is 0 Å². The van der Waals surface area contributed by atoms with Gasteiger partial charge in [-0.1, -0.05) is 0 Å². The maximum absolute atomic E-state index is 11.4. The number of urea groups is 1. The lowest BCUT2D eigenvalue weighted by atomic mass is 10.2. The highest BCUT2D eigenvalue weighted by atomic mass is 16.4. The number of carbonyl (C=O) groups is 2. The Kier molecular flexibility index (Phi) is 8.09. The van der Waals surface area contributed by atoms with E-state index in [4.69, 9.17) is 5.11 Å². The van der Waals surface area contributed by atoms with Crippen molar-refractivity contribution in [1.29, 1.82) is 0 Å². The average molecular weight is 275 g/mol. The molecule has 0 saturated carbocycles. The molecule has 0 spiro atoms. The smallest absolute Gasteiger partial charge is 0.328 e. The van der Waals surface area contributed by atoms with Crippen LogP contribution in [0, 0.1) is 0 Å². The van der Waals surface area contributed by atoms with Gasteiger partial charge in [-0.05, 0) is 40.8 Å². The van der Waals surface area contributed by atoms with Gasteiger partial charge in [0.15, 0.2) is 6.04 Å². The topological polar surface area (TPSA) is 102 Å². The van der Waals surface area contributed by atoms with Crippen molar-refractivity contribution in [1.82, 2.24) is 15.5 Å². The van der Waals surface area contributed by atoms with Gasteiger partial charge < -0.3 is 25.7 Å². The maximum atomic E-state index is 11.4. The number of carboxylic acid groups (broad SMARTS) is 1. The van der Waals surface area contributed by atoms with Gasteiger partial charge >= 0.3 is 12.0 Å². The van der Waals surface area contributed by atoms with Crippen LogP contribution in [0.5, 0.6) is 0 Å². The number of carbonyl (C=O) groups excluding carboxylic acids is 1. The van der Waals surface area contributed by atoms with Gasteiger partial charge in [-0.15, -0.1) is 0 Å². The zero-order valence-corrected chi connectivity index (χ0v) is 12.0. The van der Waals surface area contributed by atoms with Crippen molar-refractivity contribution in [3.8, 4) is 0 Å². The number of amides is 2. The normalized spacial score (nSPS) is 14.3. The molecule has 0 aromatic rings. The van der Waals surface area contributed by atoms with Crippen molar-refractivity contribution in [2.45, 2.75) is 45.4 Å². The van der Waals surface area contributed by atoms with E-state index in [9.17, 15) is 14.7 Å². The van der Waals surface area contributed by atoms with Crippen molar-refractivity contribution in [2.24, 2.45) is 0 Å². The number of nitrogens with zero attached hydrogens (tertiary/aromatic N) is 1. The Labute approximate surface area is 114 Å². The van der Waals surface area contributed by atoms with Crippen LogP contribution in [0.1, 0.15) is 27.2 Å². The van der Waals surface area contributed by atoms with E-state index in [2.05, 4.69) is 29.4 Å². The number of aliphatic hydroxyl groups excluding tert-OH is 1. The largest absolute Gasteiger partial charge is 0.480 e. The van der Waals surface area contributed by atoms with E-state index < -0.39 is 24.1 Å². The summed E-state index contributed by atoms with van der Waals surface area (Å²) in [4.78, 5) is 24.3. The number of nitrogens with one attached hydrogen (secondary N) is 2. The minimum atomic E-state index is -1.29.